The summed E-state index contributed by atoms with van der Waals surface area (Å²) < 4.78 is 0. The van der Waals surface area contributed by atoms with Crippen molar-refractivity contribution in [3.8, 4) is 0 Å². The number of benzene rings is 1. The van der Waals surface area contributed by atoms with E-state index in [-0.39, 0.29) is 17.2 Å². The van der Waals surface area contributed by atoms with Gasteiger partial charge in [0, 0.05) is 30.6 Å². The maximum Gasteiger partial charge on any atom is 0.253 e. The number of hydrogen-bond acceptors (Lipinski definition) is 2. The van der Waals surface area contributed by atoms with E-state index in [2.05, 4.69) is 5.32 Å². The minimum absolute atomic E-state index is 0.0872. The lowest BCUT2D eigenvalue weighted by atomic mass is 9.49. The molecule has 162 valence electrons. The molecule has 2 amide bonds. The van der Waals surface area contributed by atoms with E-state index in [0.717, 1.165) is 74.1 Å². The number of rotatable bonds is 4. The molecule has 4 aliphatic carbocycles. The van der Waals surface area contributed by atoms with Gasteiger partial charge in [0.25, 0.3) is 5.91 Å². The van der Waals surface area contributed by atoms with Crippen LogP contribution < -0.4 is 5.32 Å². The fourth-order valence-corrected chi connectivity index (χ4v) is 7.16. The third-order valence-electron chi connectivity index (χ3n) is 8.32. The summed E-state index contributed by atoms with van der Waals surface area (Å²) in [6.07, 6.45) is 13.4. The molecule has 1 heterocycles. The van der Waals surface area contributed by atoms with E-state index in [1.54, 1.807) is 0 Å². The third-order valence-corrected chi connectivity index (χ3v) is 8.32. The van der Waals surface area contributed by atoms with Crippen LogP contribution in [0.3, 0.4) is 0 Å². The van der Waals surface area contributed by atoms with Crippen LogP contribution >= 0.6 is 0 Å². The van der Waals surface area contributed by atoms with Crippen LogP contribution in [0.5, 0.6) is 0 Å². The van der Waals surface area contributed by atoms with Gasteiger partial charge in [0.15, 0.2) is 0 Å². The molecular formula is C26H36N2O2. The quantitative estimate of drug-likeness (QED) is 0.768. The Hall–Kier alpha value is -1.84. The highest BCUT2D eigenvalue weighted by molar-refractivity contribution is 5.94. The second-order valence-corrected chi connectivity index (χ2v) is 10.6. The van der Waals surface area contributed by atoms with Crippen molar-refractivity contribution in [2.24, 2.45) is 23.2 Å². The zero-order valence-corrected chi connectivity index (χ0v) is 18.2. The smallest absolute Gasteiger partial charge is 0.253 e. The Kier molecular flexibility index (Phi) is 5.59. The molecule has 0 spiro atoms. The van der Waals surface area contributed by atoms with Crippen LogP contribution in [-0.2, 0) is 11.3 Å². The van der Waals surface area contributed by atoms with Gasteiger partial charge in [-0.15, -0.1) is 0 Å². The minimum atomic E-state index is -0.0872. The number of nitrogens with zero attached hydrogens (tertiary/aromatic N) is 1. The zero-order valence-electron chi connectivity index (χ0n) is 18.2. The van der Waals surface area contributed by atoms with Gasteiger partial charge in [-0.1, -0.05) is 31.4 Å². The molecular weight excluding hydrogens is 372 g/mol. The molecule has 1 aromatic carbocycles. The van der Waals surface area contributed by atoms with Gasteiger partial charge in [0.2, 0.25) is 5.91 Å². The molecule has 1 saturated heterocycles. The molecule has 6 rings (SSSR count). The molecule has 0 unspecified atom stereocenters. The fourth-order valence-electron chi connectivity index (χ4n) is 7.16. The molecule has 1 N–H and O–H groups in total. The zero-order chi connectivity index (χ0) is 20.6. The number of hydrogen-bond donors (Lipinski definition) is 1. The topological polar surface area (TPSA) is 49.4 Å². The van der Waals surface area contributed by atoms with Crippen LogP contribution in [0.1, 0.15) is 86.6 Å². The van der Waals surface area contributed by atoms with E-state index in [9.17, 15) is 9.59 Å². The van der Waals surface area contributed by atoms with E-state index in [1.807, 2.05) is 29.2 Å². The molecule has 4 nitrogen and oxygen atoms in total. The van der Waals surface area contributed by atoms with Gasteiger partial charge in [-0.05, 0) is 86.8 Å². The van der Waals surface area contributed by atoms with Crippen LogP contribution in [0.2, 0.25) is 0 Å². The first kappa shape index (κ1) is 20.1. The van der Waals surface area contributed by atoms with E-state index in [1.165, 1.54) is 38.5 Å². The maximum atomic E-state index is 13.1. The van der Waals surface area contributed by atoms with Crippen molar-refractivity contribution in [1.29, 1.82) is 0 Å². The molecule has 4 saturated carbocycles. The fraction of sp³-hybridized carbons (Fsp3) is 0.692. The summed E-state index contributed by atoms with van der Waals surface area (Å²) in [7, 11) is 0. The third kappa shape index (κ3) is 4.02. The van der Waals surface area contributed by atoms with Crippen molar-refractivity contribution < 1.29 is 9.59 Å². The van der Waals surface area contributed by atoms with Crippen LogP contribution in [0.4, 0.5) is 0 Å². The molecule has 0 radical (unpaired) electrons. The van der Waals surface area contributed by atoms with Crippen LogP contribution in [0.25, 0.3) is 0 Å². The highest BCUT2D eigenvalue weighted by Gasteiger charge is 2.54. The maximum absolute atomic E-state index is 13.1. The summed E-state index contributed by atoms with van der Waals surface area (Å²) in [6, 6.07) is 7.90. The lowest BCUT2D eigenvalue weighted by Gasteiger charge is -2.55. The molecule has 30 heavy (non-hydrogen) atoms. The lowest BCUT2D eigenvalue weighted by Crippen LogP contribution is -2.53. The summed E-state index contributed by atoms with van der Waals surface area (Å²) in [5.74, 6) is 2.80. The van der Waals surface area contributed by atoms with Gasteiger partial charge in [-0.3, -0.25) is 9.59 Å². The first-order valence-corrected chi connectivity index (χ1v) is 12.3. The van der Waals surface area contributed by atoms with E-state index in [4.69, 9.17) is 0 Å². The molecule has 1 aromatic rings. The van der Waals surface area contributed by atoms with Gasteiger partial charge >= 0.3 is 0 Å². The summed E-state index contributed by atoms with van der Waals surface area (Å²) in [4.78, 5) is 28.0. The van der Waals surface area contributed by atoms with E-state index < -0.39 is 0 Å². The summed E-state index contributed by atoms with van der Waals surface area (Å²) >= 11 is 0. The number of amides is 2. The van der Waals surface area contributed by atoms with Gasteiger partial charge in [0.05, 0.1) is 0 Å². The van der Waals surface area contributed by atoms with Crippen molar-refractivity contribution in [2.45, 2.75) is 77.2 Å². The van der Waals surface area contributed by atoms with E-state index >= 15 is 0 Å². The standard InChI is InChI=1S/C26H36N2O2/c29-24(28-10-4-2-1-3-5-11-28)23-8-6-19(7-9-23)18-27-25(30)26-15-20-12-21(16-26)14-22(13-20)17-26/h6-9,20-22H,1-5,10-18H2,(H,27,30). The molecule has 5 aliphatic rings. The predicted octanol–water partition coefficient (Wildman–Crippen LogP) is 4.93. The molecule has 1 aliphatic heterocycles. The Balaban J connectivity index is 1.17. The number of carbonyl (C=O) groups is 2. The minimum Gasteiger partial charge on any atom is -0.352 e. The monoisotopic (exact) mass is 408 g/mol. The number of carbonyl (C=O) groups excluding carboxylic acids is 2. The van der Waals surface area contributed by atoms with Gasteiger partial charge in [-0.2, -0.15) is 0 Å². The second-order valence-electron chi connectivity index (χ2n) is 10.6. The number of likely N-dealkylation sites (tertiary alicyclic amines) is 1. The van der Waals surface area contributed by atoms with Crippen molar-refractivity contribution in [3.63, 3.8) is 0 Å². The summed E-state index contributed by atoms with van der Waals surface area (Å²) in [5.41, 5.74) is 1.76. The SMILES string of the molecule is O=C(c1ccc(CNC(=O)C23CC4CC(CC(C4)C2)C3)cc1)N1CCCCCCC1. The first-order valence-electron chi connectivity index (χ1n) is 12.3. The van der Waals surface area contributed by atoms with Crippen LogP contribution in [0, 0.1) is 23.2 Å². The lowest BCUT2D eigenvalue weighted by molar-refractivity contribution is -0.146. The molecule has 0 atom stereocenters. The normalized spacial score (nSPS) is 33.1. The Labute approximate surface area is 180 Å². The Morgan fingerprint density at radius 3 is 1.93 bits per heavy atom. The molecule has 0 aromatic heterocycles. The Morgan fingerprint density at radius 1 is 0.833 bits per heavy atom. The Bertz CT molecular complexity index is 741. The predicted molar refractivity (Wildman–Crippen MR) is 118 cm³/mol. The highest BCUT2D eigenvalue weighted by Crippen LogP contribution is 2.60. The molecule has 4 heteroatoms. The van der Waals surface area contributed by atoms with Crippen molar-refractivity contribution in [3.05, 3.63) is 35.4 Å². The van der Waals surface area contributed by atoms with Crippen LogP contribution in [-0.4, -0.2) is 29.8 Å². The van der Waals surface area contributed by atoms with E-state index in [0.29, 0.717) is 6.54 Å². The highest BCUT2D eigenvalue weighted by atomic mass is 16.2. The molecule has 4 bridgehead atoms. The number of nitrogens with one attached hydrogen (secondary N) is 1. The Morgan fingerprint density at radius 2 is 1.37 bits per heavy atom. The van der Waals surface area contributed by atoms with Gasteiger partial charge in [0.1, 0.15) is 0 Å². The van der Waals surface area contributed by atoms with Crippen molar-refractivity contribution >= 4 is 11.8 Å². The van der Waals surface area contributed by atoms with Crippen molar-refractivity contribution in [1.82, 2.24) is 10.2 Å². The first-order chi connectivity index (χ1) is 14.6. The summed E-state index contributed by atoms with van der Waals surface area (Å²) in [6.45, 7) is 2.32. The van der Waals surface area contributed by atoms with Gasteiger partial charge in [-0.25, -0.2) is 0 Å². The average molecular weight is 409 g/mol. The largest absolute Gasteiger partial charge is 0.352 e. The average Bonchev–Trinajstić information content (AvgIpc) is 2.71. The van der Waals surface area contributed by atoms with Gasteiger partial charge < -0.3 is 10.2 Å². The van der Waals surface area contributed by atoms with Crippen LogP contribution in [0.15, 0.2) is 24.3 Å². The second kappa shape index (κ2) is 8.36. The summed E-state index contributed by atoms with van der Waals surface area (Å²) in [5, 5.41) is 3.25. The molecule has 5 fully saturated rings. The van der Waals surface area contributed by atoms with Crippen molar-refractivity contribution in [2.75, 3.05) is 13.1 Å².